The largest absolute Gasteiger partial charge is 0.438 e. The molecule has 0 amide bonds. The summed E-state index contributed by atoms with van der Waals surface area (Å²) in [6.45, 7) is 0.807. The molecule has 1 aliphatic heterocycles. The zero-order valence-electron chi connectivity index (χ0n) is 12.4. The van der Waals surface area contributed by atoms with Crippen LogP contribution in [0.5, 0.6) is 0 Å². The van der Waals surface area contributed by atoms with Crippen molar-refractivity contribution in [1.82, 2.24) is 11.0 Å². The molecular formula is C15H18N2O6. The van der Waals surface area contributed by atoms with Crippen molar-refractivity contribution in [3.8, 4) is 0 Å². The average Bonchev–Trinajstić information content (AvgIpc) is 2.60. The predicted octanol–water partition coefficient (Wildman–Crippen LogP) is 0.378. The summed E-state index contributed by atoms with van der Waals surface area (Å²) in [6, 6.07) is 8.56. The Morgan fingerprint density at radius 2 is 1.91 bits per heavy atom. The van der Waals surface area contributed by atoms with Crippen LogP contribution in [0, 0.1) is 0 Å². The minimum atomic E-state index is -1.39. The molecule has 0 aromatic heterocycles. The molecule has 8 heteroatoms. The number of ether oxygens (including phenoxy) is 1. The van der Waals surface area contributed by atoms with Crippen LogP contribution in [-0.4, -0.2) is 30.5 Å². The molecule has 0 bridgehead atoms. The normalized spacial score (nSPS) is 17.3. The number of hydrogen-bond donors (Lipinski definition) is 2. The second-order valence-electron chi connectivity index (χ2n) is 4.96. The molecule has 0 aliphatic carbocycles. The lowest BCUT2D eigenvalue weighted by Gasteiger charge is -2.20. The van der Waals surface area contributed by atoms with Crippen molar-refractivity contribution in [1.29, 1.82) is 0 Å². The van der Waals surface area contributed by atoms with Crippen molar-refractivity contribution in [2.75, 3.05) is 6.54 Å². The van der Waals surface area contributed by atoms with Gasteiger partial charge in [0.15, 0.2) is 0 Å². The van der Waals surface area contributed by atoms with E-state index in [-0.39, 0.29) is 6.61 Å². The Morgan fingerprint density at radius 1 is 1.13 bits per heavy atom. The average molecular weight is 322 g/mol. The summed E-state index contributed by atoms with van der Waals surface area (Å²) in [5.41, 5.74) is 2.73. The van der Waals surface area contributed by atoms with Crippen molar-refractivity contribution >= 4 is 17.9 Å². The van der Waals surface area contributed by atoms with Crippen LogP contribution in [0.3, 0.4) is 0 Å². The second kappa shape index (κ2) is 8.99. The smallest absolute Gasteiger partial charge is 0.383 e. The number of carbonyl (C=O) groups is 3. The predicted molar refractivity (Wildman–Crippen MR) is 77.2 cm³/mol. The summed E-state index contributed by atoms with van der Waals surface area (Å²) < 4.78 is 4.46. The Kier molecular flexibility index (Phi) is 6.67. The molecule has 2 rings (SSSR count). The van der Waals surface area contributed by atoms with Gasteiger partial charge in [0.05, 0.1) is 6.61 Å². The van der Waals surface area contributed by atoms with Gasteiger partial charge >= 0.3 is 17.9 Å². The van der Waals surface area contributed by atoms with Gasteiger partial charge in [0.25, 0.3) is 0 Å². The SMILES string of the molecule is O=C(ONOCc1ccccc1)C(=O)OC(=O)[C@@H]1CCCCN1. The quantitative estimate of drug-likeness (QED) is 0.264. The minimum Gasteiger partial charge on any atom is -0.383 e. The zero-order chi connectivity index (χ0) is 16.5. The highest BCUT2D eigenvalue weighted by atomic mass is 16.9. The lowest BCUT2D eigenvalue weighted by Crippen LogP contribution is -2.43. The van der Waals surface area contributed by atoms with Gasteiger partial charge < -0.3 is 14.9 Å². The van der Waals surface area contributed by atoms with Gasteiger partial charge in [0.1, 0.15) is 6.04 Å². The number of piperidine rings is 1. The van der Waals surface area contributed by atoms with E-state index in [1.807, 2.05) is 36.0 Å². The molecule has 0 unspecified atom stereocenters. The van der Waals surface area contributed by atoms with Gasteiger partial charge in [-0.25, -0.2) is 14.4 Å². The molecule has 1 aromatic rings. The molecule has 124 valence electrons. The maximum atomic E-state index is 11.7. The minimum absolute atomic E-state index is 0.133. The molecule has 1 heterocycles. The van der Waals surface area contributed by atoms with Crippen LogP contribution in [0.2, 0.25) is 0 Å². The Morgan fingerprint density at radius 3 is 2.61 bits per heavy atom. The molecule has 23 heavy (non-hydrogen) atoms. The number of esters is 2. The third kappa shape index (κ3) is 5.78. The van der Waals surface area contributed by atoms with Gasteiger partial charge in [-0.05, 0) is 30.6 Å². The highest BCUT2D eigenvalue weighted by Crippen LogP contribution is 2.08. The van der Waals surface area contributed by atoms with E-state index in [1.165, 1.54) is 0 Å². The third-order valence-corrected chi connectivity index (χ3v) is 3.23. The monoisotopic (exact) mass is 322 g/mol. The van der Waals surface area contributed by atoms with Gasteiger partial charge in [0, 0.05) is 0 Å². The van der Waals surface area contributed by atoms with Crippen LogP contribution in [0.15, 0.2) is 30.3 Å². The zero-order valence-corrected chi connectivity index (χ0v) is 12.4. The lowest BCUT2D eigenvalue weighted by molar-refractivity contribution is -0.203. The van der Waals surface area contributed by atoms with Crippen LogP contribution in [0.1, 0.15) is 24.8 Å². The van der Waals surface area contributed by atoms with Crippen LogP contribution >= 0.6 is 0 Å². The Hall–Kier alpha value is -2.29. The van der Waals surface area contributed by atoms with Gasteiger partial charge in [0.2, 0.25) is 0 Å². The topological polar surface area (TPSA) is 103 Å². The van der Waals surface area contributed by atoms with E-state index in [2.05, 4.69) is 14.9 Å². The first-order valence-corrected chi connectivity index (χ1v) is 7.28. The second-order valence-corrected chi connectivity index (χ2v) is 4.96. The maximum absolute atomic E-state index is 11.7. The highest BCUT2D eigenvalue weighted by Gasteiger charge is 2.28. The first-order chi connectivity index (χ1) is 11.2. The fourth-order valence-electron chi connectivity index (χ4n) is 2.05. The Balaban J connectivity index is 1.64. The third-order valence-electron chi connectivity index (χ3n) is 3.23. The first-order valence-electron chi connectivity index (χ1n) is 7.28. The van der Waals surface area contributed by atoms with Crippen molar-refractivity contribution < 1.29 is 28.8 Å². The van der Waals surface area contributed by atoms with E-state index in [1.54, 1.807) is 0 Å². The summed E-state index contributed by atoms with van der Waals surface area (Å²) in [6.07, 6.45) is 2.39. The van der Waals surface area contributed by atoms with E-state index < -0.39 is 23.9 Å². The maximum Gasteiger partial charge on any atom is 0.438 e. The van der Waals surface area contributed by atoms with Crippen molar-refractivity contribution in [3.63, 3.8) is 0 Å². The number of rotatable bonds is 5. The summed E-state index contributed by atoms with van der Waals surface area (Å²) in [7, 11) is 0. The Labute approximate surface area is 133 Å². The van der Waals surface area contributed by atoms with Crippen LogP contribution in [0.4, 0.5) is 0 Å². The molecule has 8 nitrogen and oxygen atoms in total. The summed E-state index contributed by atoms with van der Waals surface area (Å²) in [5, 5.41) is 2.91. The van der Waals surface area contributed by atoms with E-state index >= 15 is 0 Å². The van der Waals surface area contributed by atoms with Crippen LogP contribution in [0.25, 0.3) is 0 Å². The number of benzene rings is 1. The fraction of sp³-hybridized carbons (Fsp3) is 0.400. The molecule has 1 fully saturated rings. The summed E-state index contributed by atoms with van der Waals surface area (Å²) in [4.78, 5) is 43.7. The molecule has 1 aromatic carbocycles. The summed E-state index contributed by atoms with van der Waals surface area (Å²) >= 11 is 0. The molecule has 0 spiro atoms. The van der Waals surface area contributed by atoms with E-state index in [0.29, 0.717) is 13.0 Å². The van der Waals surface area contributed by atoms with Gasteiger partial charge in [-0.15, -0.1) is 0 Å². The Bertz CT molecular complexity index is 542. The van der Waals surface area contributed by atoms with E-state index in [0.717, 1.165) is 18.4 Å². The fourth-order valence-corrected chi connectivity index (χ4v) is 2.05. The highest BCUT2D eigenvalue weighted by molar-refractivity contribution is 6.31. The lowest BCUT2D eigenvalue weighted by atomic mass is 10.1. The van der Waals surface area contributed by atoms with Crippen LogP contribution in [-0.2, 0) is 35.4 Å². The van der Waals surface area contributed by atoms with Crippen LogP contribution < -0.4 is 11.0 Å². The standard InChI is InChI=1S/C15H18N2O6/c18-13(12-8-4-5-9-16-12)22-14(19)15(20)23-17-21-10-11-6-2-1-3-7-11/h1-3,6-7,12,16-17H,4-5,8-10H2/t12-/m0/s1. The molecule has 1 aliphatic rings. The number of carbonyl (C=O) groups excluding carboxylic acids is 3. The number of nitrogens with one attached hydrogen (secondary N) is 2. The van der Waals surface area contributed by atoms with Crippen molar-refractivity contribution in [3.05, 3.63) is 35.9 Å². The number of hydrogen-bond acceptors (Lipinski definition) is 8. The molecule has 1 atom stereocenters. The molecule has 2 N–H and O–H groups in total. The summed E-state index contributed by atoms with van der Waals surface area (Å²) in [5.74, 6) is -3.53. The van der Waals surface area contributed by atoms with Gasteiger partial charge in [-0.3, -0.25) is 4.84 Å². The molecule has 1 saturated heterocycles. The van der Waals surface area contributed by atoms with Crippen molar-refractivity contribution in [2.24, 2.45) is 0 Å². The van der Waals surface area contributed by atoms with Gasteiger partial charge in [-0.1, -0.05) is 36.8 Å². The molecule has 0 radical (unpaired) electrons. The van der Waals surface area contributed by atoms with Gasteiger partial charge in [-0.2, -0.15) is 0 Å². The van der Waals surface area contributed by atoms with E-state index in [9.17, 15) is 14.4 Å². The van der Waals surface area contributed by atoms with E-state index in [4.69, 9.17) is 4.84 Å². The molecule has 0 saturated carbocycles. The van der Waals surface area contributed by atoms with Crippen molar-refractivity contribution in [2.45, 2.75) is 31.9 Å². The first kappa shape index (κ1) is 17.1. The molecular weight excluding hydrogens is 304 g/mol.